The minimum absolute atomic E-state index is 0.139. The lowest BCUT2D eigenvalue weighted by atomic mass is 9.89. The first-order chi connectivity index (χ1) is 8.83. The van der Waals surface area contributed by atoms with Crippen molar-refractivity contribution in [2.75, 3.05) is 5.73 Å². The van der Waals surface area contributed by atoms with Gasteiger partial charge in [-0.1, -0.05) is 24.3 Å². The third-order valence-electron chi connectivity index (χ3n) is 3.35. The Balaban J connectivity index is 1.84. The second-order valence-electron chi connectivity index (χ2n) is 4.62. The van der Waals surface area contributed by atoms with Crippen molar-refractivity contribution in [2.24, 2.45) is 0 Å². The zero-order valence-corrected chi connectivity index (χ0v) is 10.2. The molecule has 18 heavy (non-hydrogen) atoms. The summed E-state index contributed by atoms with van der Waals surface area (Å²) >= 11 is 0. The first kappa shape index (κ1) is 11.1. The fourth-order valence-corrected chi connectivity index (χ4v) is 2.46. The number of fused-ring (bicyclic) bond motifs is 1. The Hall–Kier alpha value is -2.03. The largest absolute Gasteiger partial charge is 0.484 e. The number of nitrogens with two attached hydrogens (primary N) is 1. The number of pyridine rings is 1. The highest BCUT2D eigenvalue weighted by Gasteiger charge is 2.21. The molecule has 0 spiro atoms. The van der Waals surface area contributed by atoms with E-state index in [9.17, 15) is 0 Å². The molecule has 1 aromatic heterocycles. The van der Waals surface area contributed by atoms with Crippen molar-refractivity contribution in [3.05, 3.63) is 53.7 Å². The molecule has 1 unspecified atom stereocenters. The maximum atomic E-state index is 6.02. The van der Waals surface area contributed by atoms with Crippen molar-refractivity contribution in [1.82, 2.24) is 4.98 Å². The normalized spacial score (nSPS) is 18.1. The minimum Gasteiger partial charge on any atom is -0.484 e. The average Bonchev–Trinajstić information content (AvgIpc) is 2.42. The van der Waals surface area contributed by atoms with Crippen LogP contribution in [0.2, 0.25) is 0 Å². The monoisotopic (exact) mass is 240 g/mol. The Morgan fingerprint density at radius 1 is 1.17 bits per heavy atom. The van der Waals surface area contributed by atoms with Gasteiger partial charge < -0.3 is 10.5 Å². The summed E-state index contributed by atoms with van der Waals surface area (Å²) < 4.78 is 6.02. The van der Waals surface area contributed by atoms with E-state index in [1.165, 1.54) is 17.5 Å². The maximum absolute atomic E-state index is 6.02. The predicted molar refractivity (Wildman–Crippen MR) is 71.4 cm³/mol. The van der Waals surface area contributed by atoms with Crippen LogP contribution in [0.5, 0.6) is 5.75 Å². The van der Waals surface area contributed by atoms with Gasteiger partial charge in [0.05, 0.1) is 6.20 Å². The Morgan fingerprint density at radius 3 is 2.89 bits per heavy atom. The van der Waals surface area contributed by atoms with Gasteiger partial charge in [0.25, 0.3) is 0 Å². The van der Waals surface area contributed by atoms with Gasteiger partial charge in [0.15, 0.2) is 0 Å². The number of benzene rings is 1. The molecule has 1 aliphatic rings. The summed E-state index contributed by atoms with van der Waals surface area (Å²) in [6.07, 6.45) is 5.20. The highest BCUT2D eigenvalue weighted by Crippen LogP contribution is 2.33. The van der Waals surface area contributed by atoms with Crippen LogP contribution >= 0.6 is 0 Å². The van der Waals surface area contributed by atoms with Crippen molar-refractivity contribution in [3.63, 3.8) is 0 Å². The molecule has 0 bridgehead atoms. The topological polar surface area (TPSA) is 48.1 Å². The number of nitrogen functional groups attached to an aromatic ring is 1. The van der Waals surface area contributed by atoms with Crippen molar-refractivity contribution in [2.45, 2.75) is 25.4 Å². The van der Waals surface area contributed by atoms with Gasteiger partial charge in [-0.15, -0.1) is 0 Å². The molecule has 1 aliphatic carbocycles. The number of ether oxygens (including phenoxy) is 1. The van der Waals surface area contributed by atoms with Gasteiger partial charge in [-0.3, -0.25) is 0 Å². The molecule has 2 aromatic rings. The van der Waals surface area contributed by atoms with E-state index in [4.69, 9.17) is 10.5 Å². The van der Waals surface area contributed by atoms with Crippen LogP contribution in [0.15, 0.2) is 42.6 Å². The molecule has 0 radical (unpaired) electrons. The van der Waals surface area contributed by atoms with Gasteiger partial charge in [0, 0.05) is 0 Å². The first-order valence-corrected chi connectivity index (χ1v) is 6.29. The summed E-state index contributed by atoms with van der Waals surface area (Å²) in [5.41, 5.74) is 8.28. The quantitative estimate of drug-likeness (QED) is 0.877. The Kier molecular flexibility index (Phi) is 2.89. The lowest BCUT2D eigenvalue weighted by Gasteiger charge is -2.26. The Bertz CT molecular complexity index is 536. The average molecular weight is 240 g/mol. The molecule has 0 fully saturated rings. The van der Waals surface area contributed by atoms with Crippen LogP contribution in [0, 0.1) is 0 Å². The van der Waals surface area contributed by atoms with Crippen LogP contribution in [0.4, 0.5) is 5.82 Å². The lowest BCUT2D eigenvalue weighted by Crippen LogP contribution is -2.15. The van der Waals surface area contributed by atoms with Crippen molar-refractivity contribution in [3.8, 4) is 5.75 Å². The number of anilines is 1. The highest BCUT2D eigenvalue weighted by molar-refractivity contribution is 5.35. The van der Waals surface area contributed by atoms with Crippen LogP contribution < -0.4 is 10.5 Å². The minimum atomic E-state index is 0.139. The molecule has 3 rings (SSSR count). The summed E-state index contributed by atoms with van der Waals surface area (Å²) in [5, 5.41) is 0. The predicted octanol–water partition coefficient (Wildman–Crippen LogP) is 3.12. The molecule has 3 nitrogen and oxygen atoms in total. The van der Waals surface area contributed by atoms with Crippen LogP contribution in [-0.4, -0.2) is 4.98 Å². The summed E-state index contributed by atoms with van der Waals surface area (Å²) in [7, 11) is 0. The fraction of sp³-hybridized carbons (Fsp3) is 0.267. The molecule has 0 amide bonds. The van der Waals surface area contributed by atoms with Crippen LogP contribution in [0.1, 0.15) is 30.1 Å². The third kappa shape index (κ3) is 2.16. The van der Waals surface area contributed by atoms with E-state index in [2.05, 4.69) is 29.2 Å². The molecular formula is C15H16N2O. The fourth-order valence-electron chi connectivity index (χ4n) is 2.46. The van der Waals surface area contributed by atoms with E-state index in [0.29, 0.717) is 5.82 Å². The third-order valence-corrected chi connectivity index (χ3v) is 3.35. The number of aromatic nitrogens is 1. The molecule has 1 heterocycles. The van der Waals surface area contributed by atoms with Crippen LogP contribution in [0.25, 0.3) is 0 Å². The van der Waals surface area contributed by atoms with E-state index in [1.54, 1.807) is 12.3 Å². The van der Waals surface area contributed by atoms with E-state index >= 15 is 0 Å². The number of hydrogen-bond donors (Lipinski definition) is 1. The lowest BCUT2D eigenvalue weighted by molar-refractivity contribution is 0.183. The van der Waals surface area contributed by atoms with E-state index in [1.807, 2.05) is 6.07 Å². The molecule has 0 aliphatic heterocycles. The number of rotatable bonds is 2. The zero-order chi connectivity index (χ0) is 12.4. The van der Waals surface area contributed by atoms with Gasteiger partial charge >= 0.3 is 0 Å². The molecule has 3 heteroatoms. The Morgan fingerprint density at radius 2 is 2.06 bits per heavy atom. The summed E-state index contributed by atoms with van der Waals surface area (Å²) in [6, 6.07) is 12.1. The van der Waals surface area contributed by atoms with Crippen LogP contribution in [0.3, 0.4) is 0 Å². The molecule has 1 atom stereocenters. The number of aryl methyl sites for hydroxylation is 1. The second kappa shape index (κ2) is 4.69. The first-order valence-electron chi connectivity index (χ1n) is 6.29. The Labute approximate surface area is 107 Å². The second-order valence-corrected chi connectivity index (χ2v) is 4.62. The molecule has 92 valence electrons. The van der Waals surface area contributed by atoms with Crippen molar-refractivity contribution < 1.29 is 4.74 Å². The summed E-state index contributed by atoms with van der Waals surface area (Å²) in [6.45, 7) is 0. The molecular weight excluding hydrogens is 224 g/mol. The SMILES string of the molecule is Nc1ccc(OC2CCCc3ccccc32)cn1. The van der Waals surface area contributed by atoms with Crippen LogP contribution in [-0.2, 0) is 6.42 Å². The highest BCUT2D eigenvalue weighted by atomic mass is 16.5. The van der Waals surface area contributed by atoms with Gasteiger partial charge in [-0.05, 0) is 42.5 Å². The number of nitrogens with zero attached hydrogens (tertiary/aromatic N) is 1. The molecule has 0 saturated carbocycles. The van der Waals surface area contributed by atoms with E-state index in [-0.39, 0.29) is 6.10 Å². The van der Waals surface area contributed by atoms with E-state index in [0.717, 1.165) is 18.6 Å². The van der Waals surface area contributed by atoms with E-state index < -0.39 is 0 Å². The van der Waals surface area contributed by atoms with Gasteiger partial charge in [-0.25, -0.2) is 4.98 Å². The molecule has 1 aromatic carbocycles. The van der Waals surface area contributed by atoms with Gasteiger partial charge in [0.1, 0.15) is 17.7 Å². The standard InChI is InChI=1S/C15H16N2O/c16-15-9-8-12(10-17-15)18-14-7-3-5-11-4-1-2-6-13(11)14/h1-2,4,6,8-10,14H,3,5,7H2,(H2,16,17). The summed E-state index contributed by atoms with van der Waals surface area (Å²) in [4.78, 5) is 4.05. The maximum Gasteiger partial charge on any atom is 0.138 e. The molecule has 2 N–H and O–H groups in total. The van der Waals surface area contributed by atoms with Gasteiger partial charge in [0.2, 0.25) is 0 Å². The van der Waals surface area contributed by atoms with Gasteiger partial charge in [-0.2, -0.15) is 0 Å². The zero-order valence-electron chi connectivity index (χ0n) is 10.2. The number of hydrogen-bond acceptors (Lipinski definition) is 3. The smallest absolute Gasteiger partial charge is 0.138 e. The molecule has 0 saturated heterocycles. The summed E-state index contributed by atoms with van der Waals surface area (Å²) in [5.74, 6) is 1.30. The van der Waals surface area contributed by atoms with Crippen molar-refractivity contribution >= 4 is 5.82 Å². The van der Waals surface area contributed by atoms with Crippen molar-refractivity contribution in [1.29, 1.82) is 0 Å².